The quantitative estimate of drug-likeness (QED) is 0.746. The summed E-state index contributed by atoms with van der Waals surface area (Å²) in [5.74, 6) is -0.116. The largest absolute Gasteiger partial charge is 0.481 e. The second-order valence-electron chi connectivity index (χ2n) is 4.98. The number of ether oxygens (including phenoxy) is 1. The molecule has 3 aromatic heterocycles. The lowest BCUT2D eigenvalue weighted by molar-refractivity contribution is 0.102. The van der Waals surface area contributed by atoms with E-state index < -0.39 is 5.91 Å². The molecule has 0 aliphatic carbocycles. The molecule has 0 saturated heterocycles. The Bertz CT molecular complexity index is 901. The lowest BCUT2D eigenvalue weighted by Gasteiger charge is -2.07. The molecule has 1 N–H and O–H groups in total. The predicted octanol–water partition coefficient (Wildman–Crippen LogP) is 2.11. The molecule has 0 aliphatic rings. The van der Waals surface area contributed by atoms with Crippen molar-refractivity contribution in [1.82, 2.24) is 14.4 Å². The van der Waals surface area contributed by atoms with E-state index in [0.717, 1.165) is 5.56 Å². The molecule has 23 heavy (non-hydrogen) atoms. The first-order valence-corrected chi connectivity index (χ1v) is 6.86. The van der Waals surface area contributed by atoms with E-state index in [2.05, 4.69) is 15.3 Å². The van der Waals surface area contributed by atoms with Gasteiger partial charge in [0, 0.05) is 24.0 Å². The highest BCUT2D eigenvalue weighted by atomic mass is 16.5. The number of aldehydes is 1. The highest BCUT2D eigenvalue weighted by Crippen LogP contribution is 2.18. The first kappa shape index (κ1) is 14.7. The van der Waals surface area contributed by atoms with Crippen LogP contribution in [0.4, 0.5) is 5.69 Å². The van der Waals surface area contributed by atoms with Crippen molar-refractivity contribution in [2.24, 2.45) is 0 Å². The highest BCUT2D eigenvalue weighted by Gasteiger charge is 2.14. The van der Waals surface area contributed by atoms with Gasteiger partial charge in [-0.25, -0.2) is 9.97 Å². The third-order valence-corrected chi connectivity index (χ3v) is 3.33. The normalized spacial score (nSPS) is 10.5. The number of aromatic nitrogens is 3. The van der Waals surface area contributed by atoms with Crippen LogP contribution in [-0.2, 0) is 0 Å². The van der Waals surface area contributed by atoms with E-state index in [9.17, 15) is 9.59 Å². The Morgan fingerprint density at radius 3 is 2.91 bits per heavy atom. The van der Waals surface area contributed by atoms with E-state index in [1.54, 1.807) is 10.6 Å². The fourth-order valence-electron chi connectivity index (χ4n) is 2.16. The van der Waals surface area contributed by atoms with Gasteiger partial charge in [0.15, 0.2) is 6.29 Å². The minimum absolute atomic E-state index is 0.253. The van der Waals surface area contributed by atoms with Crippen molar-refractivity contribution in [1.29, 1.82) is 0 Å². The molecule has 0 atom stereocenters. The number of anilines is 1. The van der Waals surface area contributed by atoms with Crippen LogP contribution in [0.2, 0.25) is 0 Å². The first-order valence-electron chi connectivity index (χ1n) is 6.86. The number of fused-ring (bicyclic) bond motifs is 1. The average molecular weight is 310 g/mol. The number of carbonyl (C=O) groups is 2. The molecule has 1 amide bonds. The number of amides is 1. The van der Waals surface area contributed by atoms with E-state index in [4.69, 9.17) is 4.74 Å². The van der Waals surface area contributed by atoms with E-state index in [1.165, 1.54) is 19.4 Å². The Hall–Kier alpha value is -3.22. The molecular weight excluding hydrogens is 296 g/mol. The van der Waals surface area contributed by atoms with Crippen molar-refractivity contribution in [2.45, 2.75) is 6.92 Å². The van der Waals surface area contributed by atoms with Crippen LogP contribution in [0.5, 0.6) is 5.88 Å². The Morgan fingerprint density at radius 1 is 1.35 bits per heavy atom. The molecule has 0 saturated carbocycles. The van der Waals surface area contributed by atoms with Crippen LogP contribution in [-0.4, -0.2) is 33.7 Å². The van der Waals surface area contributed by atoms with Gasteiger partial charge in [-0.2, -0.15) is 0 Å². The van der Waals surface area contributed by atoms with E-state index in [1.807, 2.05) is 25.3 Å². The maximum Gasteiger partial charge on any atom is 0.275 e. The molecular formula is C16H14N4O3. The van der Waals surface area contributed by atoms with Gasteiger partial charge in [-0.05, 0) is 18.6 Å². The third-order valence-electron chi connectivity index (χ3n) is 3.33. The van der Waals surface area contributed by atoms with Gasteiger partial charge in [0.25, 0.3) is 5.91 Å². The fourth-order valence-corrected chi connectivity index (χ4v) is 2.16. The topological polar surface area (TPSA) is 85.6 Å². The van der Waals surface area contributed by atoms with Crippen LogP contribution >= 0.6 is 0 Å². The molecule has 3 aromatic rings. The number of nitrogens with zero attached hydrogens (tertiary/aromatic N) is 3. The summed E-state index contributed by atoms with van der Waals surface area (Å²) in [7, 11) is 1.45. The van der Waals surface area contributed by atoms with E-state index in [-0.39, 0.29) is 11.3 Å². The molecule has 7 heteroatoms. The van der Waals surface area contributed by atoms with Crippen molar-refractivity contribution >= 4 is 23.5 Å². The summed E-state index contributed by atoms with van der Waals surface area (Å²) in [5.41, 5.74) is 2.57. The van der Waals surface area contributed by atoms with Crippen molar-refractivity contribution < 1.29 is 14.3 Å². The summed E-state index contributed by atoms with van der Waals surface area (Å²) < 4.78 is 6.73. The zero-order chi connectivity index (χ0) is 16.4. The zero-order valence-corrected chi connectivity index (χ0v) is 12.6. The number of aryl methyl sites for hydroxylation is 1. The lowest BCUT2D eigenvalue weighted by Crippen LogP contribution is -2.14. The molecule has 0 spiro atoms. The summed E-state index contributed by atoms with van der Waals surface area (Å²) in [4.78, 5) is 31.7. The molecule has 3 heterocycles. The molecule has 0 unspecified atom stereocenters. The molecule has 0 aliphatic heterocycles. The van der Waals surface area contributed by atoms with Crippen molar-refractivity contribution in [3.8, 4) is 5.88 Å². The molecule has 0 radical (unpaired) electrons. The Morgan fingerprint density at radius 2 is 2.17 bits per heavy atom. The van der Waals surface area contributed by atoms with Crippen molar-refractivity contribution in [2.75, 3.05) is 12.4 Å². The summed E-state index contributed by atoms with van der Waals surface area (Å²) in [6.07, 6.45) is 5.52. The second-order valence-corrected chi connectivity index (χ2v) is 4.98. The Kier molecular flexibility index (Phi) is 3.76. The fraction of sp³-hybridized carbons (Fsp3) is 0.125. The number of carbonyl (C=O) groups excluding carboxylic acids is 2. The number of methoxy groups -OCH3 is 1. The predicted molar refractivity (Wildman–Crippen MR) is 84.1 cm³/mol. The average Bonchev–Trinajstić information content (AvgIpc) is 2.98. The summed E-state index contributed by atoms with van der Waals surface area (Å²) in [6, 6.07) is 5.20. The maximum atomic E-state index is 12.3. The standard InChI is InChI=1S/C16H14N4O3/c1-10-3-4-14-18-13(8-20(14)7-10)16(22)19-12-6-17-15(23-2)5-11(12)9-21/h3-9H,1-2H3,(H,19,22). The van der Waals surface area contributed by atoms with Gasteiger partial charge in [-0.3, -0.25) is 9.59 Å². The van der Waals surface area contributed by atoms with Gasteiger partial charge < -0.3 is 14.5 Å². The van der Waals surface area contributed by atoms with Crippen molar-refractivity contribution in [3.05, 3.63) is 53.6 Å². The molecule has 3 rings (SSSR count). The number of pyridine rings is 2. The minimum Gasteiger partial charge on any atom is -0.481 e. The van der Waals surface area contributed by atoms with Gasteiger partial charge >= 0.3 is 0 Å². The van der Waals surface area contributed by atoms with Gasteiger partial charge in [0.2, 0.25) is 5.88 Å². The summed E-state index contributed by atoms with van der Waals surface area (Å²) in [5, 5.41) is 2.64. The van der Waals surface area contributed by atoms with Crippen LogP contribution in [0.15, 0.2) is 36.8 Å². The van der Waals surface area contributed by atoms with Crippen molar-refractivity contribution in [3.63, 3.8) is 0 Å². The number of hydrogen-bond acceptors (Lipinski definition) is 5. The van der Waals surface area contributed by atoms with Gasteiger partial charge in [-0.1, -0.05) is 6.07 Å². The number of nitrogens with one attached hydrogen (secondary N) is 1. The van der Waals surface area contributed by atoms with Gasteiger partial charge in [-0.15, -0.1) is 0 Å². The van der Waals surface area contributed by atoms with Gasteiger partial charge in [0.1, 0.15) is 11.3 Å². The summed E-state index contributed by atoms with van der Waals surface area (Å²) in [6.45, 7) is 1.96. The maximum absolute atomic E-state index is 12.3. The second kappa shape index (κ2) is 5.88. The summed E-state index contributed by atoms with van der Waals surface area (Å²) >= 11 is 0. The van der Waals surface area contributed by atoms with Crippen LogP contribution in [0.25, 0.3) is 5.65 Å². The highest BCUT2D eigenvalue weighted by molar-refractivity contribution is 6.05. The number of rotatable bonds is 4. The molecule has 0 aromatic carbocycles. The minimum atomic E-state index is -0.415. The number of hydrogen-bond donors (Lipinski definition) is 1. The molecule has 0 bridgehead atoms. The smallest absolute Gasteiger partial charge is 0.275 e. The molecule has 116 valence electrons. The molecule has 7 nitrogen and oxygen atoms in total. The molecule has 0 fully saturated rings. The van der Waals surface area contributed by atoms with Crippen LogP contribution in [0.1, 0.15) is 26.4 Å². The SMILES string of the molecule is COc1cc(C=O)c(NC(=O)c2cn3cc(C)ccc3n2)cn1. The van der Waals surface area contributed by atoms with Crippen LogP contribution in [0, 0.1) is 6.92 Å². The monoisotopic (exact) mass is 310 g/mol. The van der Waals surface area contributed by atoms with Crippen LogP contribution < -0.4 is 10.1 Å². The third kappa shape index (κ3) is 2.89. The van der Waals surface area contributed by atoms with E-state index in [0.29, 0.717) is 23.5 Å². The Labute approximate surface area is 131 Å². The van der Waals surface area contributed by atoms with Gasteiger partial charge in [0.05, 0.1) is 19.0 Å². The van der Waals surface area contributed by atoms with E-state index >= 15 is 0 Å². The first-order chi connectivity index (χ1) is 11.1. The van der Waals surface area contributed by atoms with Crippen LogP contribution in [0.3, 0.4) is 0 Å². The lowest BCUT2D eigenvalue weighted by atomic mass is 10.2. The number of imidazole rings is 1. The Balaban J connectivity index is 1.89. The zero-order valence-electron chi connectivity index (χ0n) is 12.6.